The second kappa shape index (κ2) is 7.70. The van der Waals surface area contributed by atoms with Crippen LogP contribution >= 0.6 is 0 Å². The van der Waals surface area contributed by atoms with Crippen LogP contribution in [-0.2, 0) is 4.79 Å². The molecule has 2 N–H and O–H groups in total. The first-order chi connectivity index (χ1) is 14.0. The summed E-state index contributed by atoms with van der Waals surface area (Å²) < 4.78 is 0. The minimum Gasteiger partial charge on any atom is -0.342 e. The maximum absolute atomic E-state index is 13.1. The molecule has 7 heteroatoms. The molecular formula is C22H25N5O2. The number of aromatic nitrogens is 2. The van der Waals surface area contributed by atoms with Gasteiger partial charge in [0, 0.05) is 19.0 Å². The molecule has 4 rings (SSSR count). The fraction of sp³-hybridized carbons (Fsp3) is 0.455. The van der Waals surface area contributed by atoms with E-state index in [9.17, 15) is 14.9 Å². The van der Waals surface area contributed by atoms with Crippen LogP contribution in [0.3, 0.4) is 0 Å². The molecule has 7 nitrogen and oxygen atoms in total. The van der Waals surface area contributed by atoms with Crippen molar-refractivity contribution in [3.8, 4) is 6.07 Å². The monoisotopic (exact) mass is 391 g/mol. The number of nitriles is 1. The van der Waals surface area contributed by atoms with Gasteiger partial charge in [0.15, 0.2) is 0 Å². The van der Waals surface area contributed by atoms with Gasteiger partial charge in [-0.1, -0.05) is 38.1 Å². The number of amides is 1. The number of carbonyl (C=O) groups excluding carboxylic acids is 1. The molecular weight excluding hydrogens is 366 g/mol. The first-order valence-electron chi connectivity index (χ1n) is 10.2. The second-order valence-electron chi connectivity index (χ2n) is 8.09. The van der Waals surface area contributed by atoms with Crippen LogP contribution in [-0.4, -0.2) is 29.0 Å². The van der Waals surface area contributed by atoms with Crippen molar-refractivity contribution in [1.29, 1.82) is 5.26 Å². The fourth-order valence-electron chi connectivity index (χ4n) is 4.20. The highest BCUT2D eigenvalue weighted by Gasteiger charge is 2.40. The minimum absolute atomic E-state index is 0.267. The van der Waals surface area contributed by atoms with Crippen molar-refractivity contribution in [2.24, 2.45) is 5.92 Å². The zero-order chi connectivity index (χ0) is 20.5. The van der Waals surface area contributed by atoms with E-state index in [1.165, 1.54) is 6.42 Å². The molecule has 1 aromatic heterocycles. The number of benzene rings is 1. The Hall–Kier alpha value is -3.14. The normalized spacial score (nSPS) is 21.4. The Morgan fingerprint density at radius 3 is 2.45 bits per heavy atom. The third kappa shape index (κ3) is 3.51. The standard InChI is InChI=1S/C22H25N5O2/c1-13(2)14-6-8-15(9-7-14)17-16(12-23)20(28)24-19-18(17)21(29)26-22(25-19)27-10-4-3-5-11-27/h6-9,13,16-17H,3-5,10-11H2,1-2H3,(H2,24,25,26,28,29). The topological polar surface area (TPSA) is 102 Å². The molecule has 0 bridgehead atoms. The molecule has 1 amide bonds. The van der Waals surface area contributed by atoms with E-state index in [1.807, 2.05) is 29.2 Å². The van der Waals surface area contributed by atoms with Crippen molar-refractivity contribution in [2.75, 3.05) is 23.3 Å². The van der Waals surface area contributed by atoms with E-state index in [0.717, 1.165) is 37.1 Å². The number of fused-ring (bicyclic) bond motifs is 1. The lowest BCUT2D eigenvalue weighted by Gasteiger charge is -2.31. The predicted molar refractivity (Wildman–Crippen MR) is 111 cm³/mol. The van der Waals surface area contributed by atoms with Crippen LogP contribution in [0.25, 0.3) is 0 Å². The summed E-state index contributed by atoms with van der Waals surface area (Å²) in [6.07, 6.45) is 3.27. The molecule has 0 aliphatic carbocycles. The number of nitrogens with one attached hydrogen (secondary N) is 2. The summed E-state index contributed by atoms with van der Waals surface area (Å²) in [5, 5.41) is 12.4. The maximum Gasteiger partial charge on any atom is 0.258 e. The van der Waals surface area contributed by atoms with Gasteiger partial charge in [0.05, 0.1) is 11.6 Å². The molecule has 0 saturated carbocycles. The zero-order valence-electron chi connectivity index (χ0n) is 16.7. The summed E-state index contributed by atoms with van der Waals surface area (Å²) in [6, 6.07) is 9.88. The number of hydrogen-bond donors (Lipinski definition) is 2. The molecule has 0 spiro atoms. The molecule has 3 heterocycles. The lowest BCUT2D eigenvalue weighted by atomic mass is 9.79. The highest BCUT2D eigenvalue weighted by atomic mass is 16.2. The van der Waals surface area contributed by atoms with Crippen LogP contribution in [0.15, 0.2) is 29.1 Å². The van der Waals surface area contributed by atoms with Gasteiger partial charge in [0.1, 0.15) is 11.7 Å². The van der Waals surface area contributed by atoms with Crippen LogP contribution < -0.4 is 15.8 Å². The van der Waals surface area contributed by atoms with Crippen molar-refractivity contribution in [2.45, 2.75) is 44.9 Å². The lowest BCUT2D eigenvalue weighted by Crippen LogP contribution is -2.40. The van der Waals surface area contributed by atoms with E-state index in [-0.39, 0.29) is 11.4 Å². The van der Waals surface area contributed by atoms with Gasteiger partial charge < -0.3 is 10.2 Å². The van der Waals surface area contributed by atoms with Gasteiger partial charge in [0.25, 0.3) is 5.56 Å². The molecule has 2 atom stereocenters. The molecule has 0 radical (unpaired) electrons. The van der Waals surface area contributed by atoms with Crippen molar-refractivity contribution in [1.82, 2.24) is 9.97 Å². The van der Waals surface area contributed by atoms with Crippen molar-refractivity contribution >= 4 is 17.7 Å². The van der Waals surface area contributed by atoms with E-state index >= 15 is 0 Å². The van der Waals surface area contributed by atoms with Crippen LogP contribution in [0.4, 0.5) is 11.8 Å². The van der Waals surface area contributed by atoms with Gasteiger partial charge in [-0.15, -0.1) is 0 Å². The van der Waals surface area contributed by atoms with E-state index in [4.69, 9.17) is 0 Å². The van der Waals surface area contributed by atoms with E-state index in [0.29, 0.717) is 17.4 Å². The first kappa shape index (κ1) is 19.2. The molecule has 2 aliphatic rings. The van der Waals surface area contributed by atoms with Gasteiger partial charge in [-0.25, -0.2) is 0 Å². The molecule has 2 unspecified atom stereocenters. The number of H-pyrrole nitrogens is 1. The van der Waals surface area contributed by atoms with Gasteiger partial charge in [-0.2, -0.15) is 10.2 Å². The van der Waals surface area contributed by atoms with Gasteiger partial charge in [0.2, 0.25) is 11.9 Å². The molecule has 29 heavy (non-hydrogen) atoms. The number of rotatable bonds is 3. The summed E-state index contributed by atoms with van der Waals surface area (Å²) in [5.74, 6) is -0.912. The van der Waals surface area contributed by atoms with Crippen molar-refractivity contribution in [3.05, 3.63) is 51.3 Å². The Bertz CT molecular complexity index is 1010. The largest absolute Gasteiger partial charge is 0.342 e. The van der Waals surface area contributed by atoms with Crippen LogP contribution in [0.5, 0.6) is 0 Å². The lowest BCUT2D eigenvalue weighted by molar-refractivity contribution is -0.119. The van der Waals surface area contributed by atoms with Gasteiger partial charge in [-0.05, 0) is 36.3 Å². The summed E-state index contributed by atoms with van der Waals surface area (Å²) >= 11 is 0. The second-order valence-corrected chi connectivity index (χ2v) is 8.09. The van der Waals surface area contributed by atoms with Crippen LogP contribution in [0.2, 0.25) is 0 Å². The Morgan fingerprint density at radius 1 is 1.14 bits per heavy atom. The quantitative estimate of drug-likeness (QED) is 0.837. The Labute approximate surface area is 169 Å². The smallest absolute Gasteiger partial charge is 0.258 e. The number of piperidine rings is 1. The fourth-order valence-corrected chi connectivity index (χ4v) is 4.20. The third-order valence-corrected chi connectivity index (χ3v) is 5.87. The highest BCUT2D eigenvalue weighted by molar-refractivity contribution is 5.97. The molecule has 1 saturated heterocycles. The number of aromatic amines is 1. The molecule has 150 valence electrons. The summed E-state index contributed by atoms with van der Waals surface area (Å²) in [6.45, 7) is 5.87. The Kier molecular flexibility index (Phi) is 5.10. The molecule has 2 aromatic rings. The van der Waals surface area contributed by atoms with Gasteiger partial charge in [-0.3, -0.25) is 14.6 Å². The summed E-state index contributed by atoms with van der Waals surface area (Å²) in [7, 11) is 0. The van der Waals surface area contributed by atoms with Crippen molar-refractivity contribution < 1.29 is 4.79 Å². The predicted octanol–water partition coefficient (Wildman–Crippen LogP) is 3.11. The molecule has 1 fully saturated rings. The minimum atomic E-state index is -0.976. The summed E-state index contributed by atoms with van der Waals surface area (Å²) in [4.78, 5) is 35.2. The van der Waals surface area contributed by atoms with Crippen LogP contribution in [0, 0.1) is 17.2 Å². The highest BCUT2D eigenvalue weighted by Crippen LogP contribution is 2.38. The van der Waals surface area contributed by atoms with E-state index in [2.05, 4.69) is 35.2 Å². The van der Waals surface area contributed by atoms with E-state index < -0.39 is 17.7 Å². The van der Waals surface area contributed by atoms with Crippen LogP contribution in [0.1, 0.15) is 61.6 Å². The number of anilines is 2. The maximum atomic E-state index is 13.1. The average molecular weight is 391 g/mol. The number of carbonyl (C=O) groups is 1. The molecule has 2 aliphatic heterocycles. The van der Waals surface area contributed by atoms with Gasteiger partial charge >= 0.3 is 0 Å². The SMILES string of the molecule is CC(C)c1ccc(C2c3c(nc(N4CCCCC4)[nH]c3=O)NC(=O)C2C#N)cc1. The summed E-state index contributed by atoms with van der Waals surface area (Å²) in [5.41, 5.74) is 1.99. The Morgan fingerprint density at radius 2 is 1.83 bits per heavy atom. The van der Waals surface area contributed by atoms with E-state index in [1.54, 1.807) is 0 Å². The zero-order valence-corrected chi connectivity index (χ0v) is 16.7. The van der Waals surface area contributed by atoms with Crippen molar-refractivity contribution in [3.63, 3.8) is 0 Å². The number of hydrogen-bond acceptors (Lipinski definition) is 5. The first-order valence-corrected chi connectivity index (χ1v) is 10.2. The average Bonchev–Trinajstić information content (AvgIpc) is 2.73. The molecule has 1 aromatic carbocycles. The Balaban J connectivity index is 1.80. The number of nitrogens with zero attached hydrogens (tertiary/aromatic N) is 3. The third-order valence-electron chi connectivity index (χ3n) is 5.87.